The molecule has 0 aromatic carbocycles. The zero-order chi connectivity index (χ0) is 5.21. The van der Waals surface area contributed by atoms with E-state index in [9.17, 15) is 4.91 Å². The van der Waals surface area contributed by atoms with Crippen molar-refractivity contribution in [3.05, 3.63) is 4.91 Å². The van der Waals surface area contributed by atoms with E-state index in [-0.39, 0.29) is 0 Å². The van der Waals surface area contributed by atoms with Crippen LogP contribution in [0.25, 0.3) is 0 Å². The summed E-state index contributed by atoms with van der Waals surface area (Å²) in [5, 5.41) is 10.7. The van der Waals surface area contributed by atoms with Crippen molar-refractivity contribution < 1.29 is 5.11 Å². The molecule has 0 amide bonds. The molecule has 0 aromatic heterocycles. The van der Waals surface area contributed by atoms with E-state index < -0.39 is 5.72 Å². The quantitative estimate of drug-likeness (QED) is 0.475. The first-order valence-corrected chi connectivity index (χ1v) is 1.63. The number of nitrogens with zero attached hydrogens (tertiary/aromatic N) is 1. The third-order valence-electron chi connectivity index (χ3n) is 0.223. The SMILES string of the molecule is CC(C)(O)N=O. The highest BCUT2D eigenvalue weighted by Crippen LogP contribution is 1.98. The van der Waals surface area contributed by atoms with Gasteiger partial charge in [-0.25, -0.2) is 0 Å². The minimum Gasteiger partial charge on any atom is -0.367 e. The lowest BCUT2D eigenvalue weighted by Gasteiger charge is -2.01. The van der Waals surface area contributed by atoms with Crippen molar-refractivity contribution in [3.63, 3.8) is 0 Å². The summed E-state index contributed by atoms with van der Waals surface area (Å²) in [6.07, 6.45) is 0. The largest absolute Gasteiger partial charge is 0.367 e. The van der Waals surface area contributed by atoms with Crippen molar-refractivity contribution >= 4 is 0 Å². The van der Waals surface area contributed by atoms with Gasteiger partial charge < -0.3 is 5.11 Å². The van der Waals surface area contributed by atoms with Crippen LogP contribution in [0.5, 0.6) is 0 Å². The molecule has 0 heterocycles. The van der Waals surface area contributed by atoms with Crippen molar-refractivity contribution in [1.82, 2.24) is 0 Å². The van der Waals surface area contributed by atoms with E-state index in [1.54, 1.807) is 0 Å². The summed E-state index contributed by atoms with van der Waals surface area (Å²) in [5.41, 5.74) is -1.39. The van der Waals surface area contributed by atoms with Crippen LogP contribution < -0.4 is 0 Å². The second-order valence-corrected chi connectivity index (χ2v) is 1.59. The Morgan fingerprint density at radius 1 is 1.67 bits per heavy atom. The molecule has 0 saturated heterocycles. The van der Waals surface area contributed by atoms with Gasteiger partial charge in [0.1, 0.15) is 0 Å². The van der Waals surface area contributed by atoms with Crippen LogP contribution in [0.3, 0.4) is 0 Å². The van der Waals surface area contributed by atoms with Gasteiger partial charge in [0.2, 0.25) is 0 Å². The summed E-state index contributed by atoms with van der Waals surface area (Å²) in [7, 11) is 0. The topological polar surface area (TPSA) is 49.7 Å². The van der Waals surface area contributed by atoms with Crippen molar-refractivity contribution in [2.24, 2.45) is 5.18 Å². The lowest BCUT2D eigenvalue weighted by Crippen LogP contribution is -2.12. The summed E-state index contributed by atoms with van der Waals surface area (Å²) in [5.74, 6) is 0. The zero-order valence-corrected chi connectivity index (χ0v) is 3.80. The summed E-state index contributed by atoms with van der Waals surface area (Å²) in [6, 6.07) is 0. The molecule has 0 atom stereocenters. The fourth-order valence-electron chi connectivity index (χ4n) is 0. The second kappa shape index (κ2) is 1.34. The normalized spacial score (nSPS) is 11.2. The molecular weight excluding hydrogens is 82.0 g/mol. The lowest BCUT2D eigenvalue weighted by atomic mass is 10.4. The highest BCUT2D eigenvalue weighted by molar-refractivity contribution is 4.56. The average molecular weight is 89.1 g/mol. The molecule has 1 N–H and O–H groups in total. The van der Waals surface area contributed by atoms with Crippen LogP contribution in [0.1, 0.15) is 13.8 Å². The molecule has 0 bridgehead atoms. The van der Waals surface area contributed by atoms with Crippen molar-refractivity contribution in [2.75, 3.05) is 0 Å². The van der Waals surface area contributed by atoms with Gasteiger partial charge in [-0.2, -0.15) is 0 Å². The Hall–Kier alpha value is -0.440. The van der Waals surface area contributed by atoms with Crippen LogP contribution in [0.4, 0.5) is 0 Å². The van der Waals surface area contributed by atoms with E-state index in [2.05, 4.69) is 5.18 Å². The Bertz CT molecular complexity index is 54.3. The van der Waals surface area contributed by atoms with Crippen LogP contribution in [-0.4, -0.2) is 10.8 Å². The Morgan fingerprint density at radius 2 is 1.83 bits per heavy atom. The summed E-state index contributed by atoms with van der Waals surface area (Å²) >= 11 is 0. The van der Waals surface area contributed by atoms with E-state index >= 15 is 0 Å². The molecule has 36 valence electrons. The first-order chi connectivity index (χ1) is 2.56. The summed E-state index contributed by atoms with van der Waals surface area (Å²) < 4.78 is 0. The third kappa shape index (κ3) is 3.56. The van der Waals surface area contributed by atoms with Crippen LogP contribution >= 0.6 is 0 Å². The monoisotopic (exact) mass is 89.0 g/mol. The van der Waals surface area contributed by atoms with Gasteiger partial charge in [-0.1, -0.05) is 0 Å². The van der Waals surface area contributed by atoms with Crippen LogP contribution in [0.15, 0.2) is 5.18 Å². The fourth-order valence-corrected chi connectivity index (χ4v) is 0. The summed E-state index contributed by atoms with van der Waals surface area (Å²) in [6.45, 7) is 2.64. The van der Waals surface area contributed by atoms with E-state index in [0.29, 0.717) is 0 Å². The number of hydrogen-bond donors (Lipinski definition) is 1. The minimum absolute atomic E-state index is 1.32. The number of aliphatic hydroxyl groups is 1. The van der Waals surface area contributed by atoms with E-state index in [4.69, 9.17) is 5.11 Å². The van der Waals surface area contributed by atoms with Gasteiger partial charge in [-0.15, -0.1) is 4.91 Å². The third-order valence-corrected chi connectivity index (χ3v) is 0.223. The molecule has 0 rings (SSSR count). The molecule has 0 aromatic rings. The van der Waals surface area contributed by atoms with Crippen molar-refractivity contribution in [2.45, 2.75) is 19.6 Å². The number of nitroso groups, excluding NO2 is 1. The zero-order valence-electron chi connectivity index (χ0n) is 3.80. The Kier molecular flexibility index (Phi) is 1.24. The van der Waals surface area contributed by atoms with E-state index in [1.807, 2.05) is 0 Å². The molecule has 0 spiro atoms. The van der Waals surface area contributed by atoms with Gasteiger partial charge in [0.25, 0.3) is 0 Å². The van der Waals surface area contributed by atoms with Crippen molar-refractivity contribution in [1.29, 1.82) is 0 Å². The predicted molar refractivity (Wildman–Crippen MR) is 22.1 cm³/mol. The fraction of sp³-hybridized carbons (Fsp3) is 1.00. The van der Waals surface area contributed by atoms with Gasteiger partial charge in [0.05, 0.1) is 0 Å². The Labute approximate surface area is 36.0 Å². The van der Waals surface area contributed by atoms with Gasteiger partial charge in [0, 0.05) is 0 Å². The number of rotatable bonds is 1. The molecule has 6 heavy (non-hydrogen) atoms. The molecule has 0 aliphatic carbocycles. The lowest BCUT2D eigenvalue weighted by molar-refractivity contribution is 0.0889. The maximum Gasteiger partial charge on any atom is 0.191 e. The summed E-state index contributed by atoms with van der Waals surface area (Å²) in [4.78, 5) is 9.33. The second-order valence-electron chi connectivity index (χ2n) is 1.59. The van der Waals surface area contributed by atoms with E-state index in [0.717, 1.165) is 0 Å². The predicted octanol–water partition coefficient (Wildman–Crippen LogP) is 0.481. The van der Waals surface area contributed by atoms with E-state index in [1.165, 1.54) is 13.8 Å². The highest BCUT2D eigenvalue weighted by Gasteiger charge is 2.08. The first kappa shape index (κ1) is 5.56. The maximum absolute atomic E-state index is 9.33. The van der Waals surface area contributed by atoms with Gasteiger partial charge in [0.15, 0.2) is 5.72 Å². The van der Waals surface area contributed by atoms with Crippen LogP contribution in [0, 0.1) is 4.91 Å². The Balaban J connectivity index is 3.45. The smallest absolute Gasteiger partial charge is 0.191 e. The van der Waals surface area contributed by atoms with Crippen molar-refractivity contribution in [3.8, 4) is 0 Å². The molecule has 3 heteroatoms. The van der Waals surface area contributed by atoms with Crippen LogP contribution in [-0.2, 0) is 0 Å². The molecule has 0 saturated carbocycles. The molecule has 0 aliphatic heterocycles. The Morgan fingerprint density at radius 3 is 1.83 bits per heavy atom. The molecule has 0 radical (unpaired) electrons. The number of hydrogen-bond acceptors (Lipinski definition) is 3. The molecule has 0 aliphatic rings. The first-order valence-electron chi connectivity index (χ1n) is 1.63. The molecule has 3 nitrogen and oxygen atoms in total. The standard InChI is InChI=1S/C3H7NO2/c1-3(2,5)4-6/h5H,1-2H3. The van der Waals surface area contributed by atoms with Crippen LogP contribution in [0.2, 0.25) is 0 Å². The average Bonchev–Trinajstić information content (AvgIpc) is 1.35. The molecular formula is C3H7NO2. The van der Waals surface area contributed by atoms with Gasteiger partial charge in [-0.05, 0) is 19.0 Å². The molecule has 0 fully saturated rings. The minimum atomic E-state index is -1.39. The molecule has 0 unspecified atom stereocenters. The van der Waals surface area contributed by atoms with Gasteiger partial charge in [-0.3, -0.25) is 0 Å². The van der Waals surface area contributed by atoms with Gasteiger partial charge >= 0.3 is 0 Å². The maximum atomic E-state index is 9.33. The highest BCUT2D eigenvalue weighted by atomic mass is 16.4.